The van der Waals surface area contributed by atoms with Crippen molar-refractivity contribution in [1.29, 1.82) is 0 Å². The van der Waals surface area contributed by atoms with E-state index in [1.54, 1.807) is 7.11 Å². The second-order valence-corrected chi connectivity index (χ2v) is 5.74. The summed E-state index contributed by atoms with van der Waals surface area (Å²) in [6.07, 6.45) is 2.29. The molecule has 0 unspecified atom stereocenters. The maximum atomic E-state index is 5.42. The lowest BCUT2D eigenvalue weighted by Gasteiger charge is -2.17. The third kappa shape index (κ3) is 4.27. The average molecular weight is 365 g/mol. The van der Waals surface area contributed by atoms with Crippen molar-refractivity contribution in [3.63, 3.8) is 0 Å². The molecular weight excluding hydrogens is 346 g/mol. The first-order valence-electron chi connectivity index (χ1n) is 5.87. The van der Waals surface area contributed by atoms with Gasteiger partial charge in [-0.25, -0.2) is 0 Å². The number of ether oxygens (including phenoxy) is 1. The standard InChI is InChI=1S/C13H19Br2NO/c1-4-11(5-2)16-8-9-6-10(14)7-12(15)13(9)17-3/h6-7,11,16H,4-5,8H2,1-3H3. The fourth-order valence-corrected chi connectivity index (χ4v) is 3.28. The molecule has 0 fully saturated rings. The van der Waals surface area contributed by atoms with Gasteiger partial charge in [0.05, 0.1) is 11.6 Å². The van der Waals surface area contributed by atoms with E-state index in [-0.39, 0.29) is 0 Å². The first kappa shape index (κ1) is 15.0. The fourth-order valence-electron chi connectivity index (χ4n) is 1.81. The molecule has 17 heavy (non-hydrogen) atoms. The average Bonchev–Trinajstić information content (AvgIpc) is 2.29. The van der Waals surface area contributed by atoms with Crippen LogP contribution in [-0.4, -0.2) is 13.2 Å². The third-order valence-electron chi connectivity index (χ3n) is 2.86. The van der Waals surface area contributed by atoms with Crippen molar-refractivity contribution in [3.05, 3.63) is 26.6 Å². The Kier molecular flexibility index (Phi) is 6.52. The zero-order chi connectivity index (χ0) is 12.8. The van der Waals surface area contributed by atoms with Crippen molar-refractivity contribution in [2.24, 2.45) is 0 Å². The van der Waals surface area contributed by atoms with Crippen molar-refractivity contribution in [2.75, 3.05) is 7.11 Å². The van der Waals surface area contributed by atoms with Gasteiger partial charge >= 0.3 is 0 Å². The fraction of sp³-hybridized carbons (Fsp3) is 0.538. The molecule has 2 nitrogen and oxygen atoms in total. The molecule has 0 aliphatic carbocycles. The second kappa shape index (κ2) is 7.39. The van der Waals surface area contributed by atoms with E-state index in [2.05, 4.69) is 57.1 Å². The van der Waals surface area contributed by atoms with Crippen LogP contribution < -0.4 is 10.1 Å². The van der Waals surface area contributed by atoms with Crippen LogP contribution in [0.15, 0.2) is 21.1 Å². The Hall–Kier alpha value is -0.0600. The number of halogens is 2. The van der Waals surface area contributed by atoms with Crippen molar-refractivity contribution in [2.45, 2.75) is 39.3 Å². The molecule has 0 spiro atoms. The Labute approximate surface area is 120 Å². The van der Waals surface area contributed by atoms with Crippen LogP contribution in [0.4, 0.5) is 0 Å². The molecule has 0 heterocycles. The van der Waals surface area contributed by atoms with Crippen LogP contribution in [0.25, 0.3) is 0 Å². The highest BCUT2D eigenvalue weighted by molar-refractivity contribution is 9.11. The highest BCUT2D eigenvalue weighted by atomic mass is 79.9. The smallest absolute Gasteiger partial charge is 0.137 e. The summed E-state index contributed by atoms with van der Waals surface area (Å²) in [5.41, 5.74) is 1.17. The molecule has 0 radical (unpaired) electrons. The maximum Gasteiger partial charge on any atom is 0.137 e. The molecule has 0 atom stereocenters. The Morgan fingerprint density at radius 1 is 1.24 bits per heavy atom. The van der Waals surface area contributed by atoms with Gasteiger partial charge in [0, 0.05) is 22.6 Å². The SMILES string of the molecule is CCC(CC)NCc1cc(Br)cc(Br)c1OC. The van der Waals surface area contributed by atoms with E-state index in [1.807, 2.05) is 6.07 Å². The van der Waals surface area contributed by atoms with Gasteiger partial charge in [-0.15, -0.1) is 0 Å². The van der Waals surface area contributed by atoms with Crippen molar-refractivity contribution < 1.29 is 4.74 Å². The molecule has 0 aliphatic rings. The van der Waals surface area contributed by atoms with Gasteiger partial charge < -0.3 is 10.1 Å². The van der Waals surface area contributed by atoms with Crippen molar-refractivity contribution >= 4 is 31.9 Å². The minimum absolute atomic E-state index is 0.567. The van der Waals surface area contributed by atoms with Gasteiger partial charge in [0.25, 0.3) is 0 Å². The van der Waals surface area contributed by atoms with E-state index in [4.69, 9.17) is 4.74 Å². The molecule has 0 aromatic heterocycles. The van der Waals surface area contributed by atoms with Crippen LogP contribution in [0.1, 0.15) is 32.3 Å². The van der Waals surface area contributed by atoms with Crippen LogP contribution >= 0.6 is 31.9 Å². The van der Waals surface area contributed by atoms with Crippen LogP contribution in [0.5, 0.6) is 5.75 Å². The van der Waals surface area contributed by atoms with Gasteiger partial charge in [0.15, 0.2) is 0 Å². The summed E-state index contributed by atoms with van der Waals surface area (Å²) in [4.78, 5) is 0. The van der Waals surface area contributed by atoms with Crippen LogP contribution in [0.2, 0.25) is 0 Å². The van der Waals surface area contributed by atoms with Gasteiger partial charge in [-0.05, 0) is 40.9 Å². The summed E-state index contributed by atoms with van der Waals surface area (Å²) < 4.78 is 7.47. The highest BCUT2D eigenvalue weighted by Gasteiger charge is 2.10. The summed E-state index contributed by atoms with van der Waals surface area (Å²) in [6, 6.07) is 4.66. The highest BCUT2D eigenvalue weighted by Crippen LogP contribution is 2.32. The lowest BCUT2D eigenvalue weighted by atomic mass is 10.1. The number of benzene rings is 1. The summed E-state index contributed by atoms with van der Waals surface area (Å²) in [5, 5.41) is 3.54. The summed E-state index contributed by atoms with van der Waals surface area (Å²) >= 11 is 7.02. The third-order valence-corrected chi connectivity index (χ3v) is 3.90. The Balaban J connectivity index is 2.82. The number of rotatable bonds is 6. The summed E-state index contributed by atoms with van der Waals surface area (Å²) in [5.74, 6) is 0.909. The maximum absolute atomic E-state index is 5.42. The minimum atomic E-state index is 0.567. The molecule has 1 aromatic carbocycles. The molecule has 1 rings (SSSR count). The molecule has 0 saturated heterocycles. The predicted molar refractivity (Wildman–Crippen MR) is 79.6 cm³/mol. The normalized spacial score (nSPS) is 10.9. The zero-order valence-corrected chi connectivity index (χ0v) is 13.7. The van der Waals surface area contributed by atoms with Gasteiger partial charge in [0.2, 0.25) is 0 Å². The lowest BCUT2D eigenvalue weighted by Crippen LogP contribution is -2.27. The monoisotopic (exact) mass is 363 g/mol. The molecule has 1 aromatic rings. The van der Waals surface area contributed by atoms with Crippen LogP contribution in [0.3, 0.4) is 0 Å². The molecule has 1 N–H and O–H groups in total. The molecule has 0 aliphatic heterocycles. The van der Waals surface area contributed by atoms with E-state index in [1.165, 1.54) is 5.56 Å². The first-order valence-corrected chi connectivity index (χ1v) is 7.46. The molecular formula is C13H19Br2NO. The quantitative estimate of drug-likeness (QED) is 0.802. The van der Waals surface area contributed by atoms with Gasteiger partial charge in [-0.2, -0.15) is 0 Å². The Morgan fingerprint density at radius 3 is 2.41 bits per heavy atom. The lowest BCUT2D eigenvalue weighted by molar-refractivity contribution is 0.400. The number of hydrogen-bond acceptors (Lipinski definition) is 2. The molecule has 96 valence electrons. The van der Waals surface area contributed by atoms with E-state index >= 15 is 0 Å². The summed E-state index contributed by atoms with van der Waals surface area (Å²) in [7, 11) is 1.70. The van der Waals surface area contributed by atoms with Gasteiger partial charge in [-0.1, -0.05) is 29.8 Å². The first-order chi connectivity index (χ1) is 8.12. The molecule has 0 bridgehead atoms. The van der Waals surface area contributed by atoms with E-state index in [9.17, 15) is 0 Å². The topological polar surface area (TPSA) is 21.3 Å². The van der Waals surface area contributed by atoms with E-state index < -0.39 is 0 Å². The number of nitrogens with one attached hydrogen (secondary N) is 1. The Morgan fingerprint density at radius 2 is 1.88 bits per heavy atom. The molecule has 0 amide bonds. The largest absolute Gasteiger partial charge is 0.495 e. The summed E-state index contributed by atoms with van der Waals surface area (Å²) in [6.45, 7) is 5.23. The zero-order valence-electron chi connectivity index (χ0n) is 10.5. The van der Waals surface area contributed by atoms with Crippen LogP contribution in [-0.2, 0) is 6.54 Å². The van der Waals surface area contributed by atoms with Gasteiger partial charge in [0.1, 0.15) is 5.75 Å². The van der Waals surface area contributed by atoms with E-state index in [0.717, 1.165) is 34.1 Å². The number of hydrogen-bond donors (Lipinski definition) is 1. The molecule has 4 heteroatoms. The Bertz CT molecular complexity index is 365. The van der Waals surface area contributed by atoms with E-state index in [0.29, 0.717) is 6.04 Å². The van der Waals surface area contributed by atoms with Gasteiger partial charge in [-0.3, -0.25) is 0 Å². The second-order valence-electron chi connectivity index (χ2n) is 3.97. The predicted octanol–water partition coefficient (Wildman–Crippen LogP) is 4.50. The van der Waals surface area contributed by atoms with Crippen molar-refractivity contribution in [3.8, 4) is 5.75 Å². The molecule has 0 saturated carbocycles. The van der Waals surface area contributed by atoms with Crippen molar-refractivity contribution in [1.82, 2.24) is 5.32 Å². The number of methoxy groups -OCH3 is 1. The van der Waals surface area contributed by atoms with Crippen LogP contribution in [0, 0.1) is 0 Å². The minimum Gasteiger partial charge on any atom is -0.495 e.